The Bertz CT molecular complexity index is 297. The van der Waals surface area contributed by atoms with Crippen molar-refractivity contribution < 1.29 is 9.90 Å². The van der Waals surface area contributed by atoms with E-state index in [1.54, 1.807) is 0 Å². The quantitative estimate of drug-likeness (QED) is 0.715. The van der Waals surface area contributed by atoms with Crippen LogP contribution >= 0.6 is 11.8 Å². The lowest BCUT2D eigenvalue weighted by atomic mass is 10.1. The van der Waals surface area contributed by atoms with E-state index in [2.05, 4.69) is 0 Å². The lowest BCUT2D eigenvalue weighted by molar-refractivity contribution is -0.136. The standard InChI is InChI=1S/C9H8O2S/c10-9(11)8-5-6-3-1-2-4-7(6)12-8/h1-4,8H,5H2,(H,10,11)/t8-/m0/s1. The van der Waals surface area contributed by atoms with Gasteiger partial charge in [0.15, 0.2) is 0 Å². The Morgan fingerprint density at radius 1 is 1.50 bits per heavy atom. The summed E-state index contributed by atoms with van der Waals surface area (Å²) in [5, 5.41) is 8.49. The lowest BCUT2D eigenvalue weighted by Gasteiger charge is -1.97. The van der Waals surface area contributed by atoms with E-state index in [0.29, 0.717) is 6.42 Å². The predicted octanol–water partition coefficient (Wildman–Crippen LogP) is 1.79. The number of benzene rings is 1. The zero-order chi connectivity index (χ0) is 8.55. The molecule has 0 aliphatic carbocycles. The van der Waals surface area contributed by atoms with E-state index in [1.807, 2.05) is 24.3 Å². The Kier molecular flexibility index (Phi) is 1.81. The molecule has 0 amide bonds. The first-order valence-corrected chi connectivity index (χ1v) is 4.63. The highest BCUT2D eigenvalue weighted by Crippen LogP contribution is 2.36. The van der Waals surface area contributed by atoms with E-state index in [0.717, 1.165) is 10.5 Å². The highest BCUT2D eigenvalue weighted by molar-refractivity contribution is 8.01. The second kappa shape index (κ2) is 2.83. The second-order valence-corrected chi connectivity index (χ2v) is 4.00. The summed E-state index contributed by atoms with van der Waals surface area (Å²) in [5.74, 6) is -0.712. The van der Waals surface area contributed by atoms with Crippen LogP contribution in [0.5, 0.6) is 0 Å². The Labute approximate surface area is 74.6 Å². The molecule has 2 nitrogen and oxygen atoms in total. The van der Waals surface area contributed by atoms with Gasteiger partial charge in [0, 0.05) is 4.90 Å². The van der Waals surface area contributed by atoms with Gasteiger partial charge in [0.25, 0.3) is 0 Å². The van der Waals surface area contributed by atoms with Crippen molar-refractivity contribution in [3.8, 4) is 0 Å². The van der Waals surface area contributed by atoms with Crippen LogP contribution in [0.15, 0.2) is 29.2 Å². The van der Waals surface area contributed by atoms with Crippen LogP contribution < -0.4 is 0 Å². The zero-order valence-electron chi connectivity index (χ0n) is 6.36. The molecular weight excluding hydrogens is 172 g/mol. The van der Waals surface area contributed by atoms with Gasteiger partial charge in [-0.25, -0.2) is 0 Å². The maximum atomic E-state index is 10.6. The fourth-order valence-corrected chi connectivity index (χ4v) is 2.45. The van der Waals surface area contributed by atoms with Crippen molar-refractivity contribution in [3.63, 3.8) is 0 Å². The molecule has 2 rings (SSSR count). The van der Waals surface area contributed by atoms with Crippen LogP contribution in [-0.4, -0.2) is 16.3 Å². The van der Waals surface area contributed by atoms with Gasteiger partial charge in [-0.1, -0.05) is 18.2 Å². The maximum Gasteiger partial charge on any atom is 0.317 e. The number of thioether (sulfide) groups is 1. The molecule has 1 atom stereocenters. The average Bonchev–Trinajstić information content (AvgIpc) is 2.46. The smallest absolute Gasteiger partial charge is 0.317 e. The van der Waals surface area contributed by atoms with E-state index < -0.39 is 5.97 Å². The van der Waals surface area contributed by atoms with Crippen molar-refractivity contribution in [1.29, 1.82) is 0 Å². The number of aliphatic carboxylic acids is 1. The van der Waals surface area contributed by atoms with Crippen molar-refractivity contribution in [2.45, 2.75) is 16.6 Å². The molecule has 12 heavy (non-hydrogen) atoms. The number of carboxylic acid groups (broad SMARTS) is 1. The first-order chi connectivity index (χ1) is 5.77. The molecule has 0 radical (unpaired) electrons. The fourth-order valence-electron chi connectivity index (χ4n) is 1.32. The first kappa shape index (κ1) is 7.68. The van der Waals surface area contributed by atoms with Gasteiger partial charge >= 0.3 is 5.97 Å². The summed E-state index contributed by atoms with van der Waals surface area (Å²) in [6, 6.07) is 7.86. The van der Waals surface area contributed by atoms with E-state index in [4.69, 9.17) is 5.11 Å². The molecular formula is C9H8O2S. The van der Waals surface area contributed by atoms with Crippen LogP contribution in [-0.2, 0) is 11.2 Å². The van der Waals surface area contributed by atoms with Crippen molar-refractivity contribution >= 4 is 17.7 Å². The molecule has 0 saturated heterocycles. The minimum Gasteiger partial charge on any atom is -0.480 e. The summed E-state index contributed by atoms with van der Waals surface area (Å²) >= 11 is 1.44. The van der Waals surface area contributed by atoms with E-state index in [1.165, 1.54) is 11.8 Å². The summed E-state index contributed by atoms with van der Waals surface area (Å²) in [6.45, 7) is 0. The largest absolute Gasteiger partial charge is 0.480 e. The molecule has 1 aliphatic heterocycles. The van der Waals surface area contributed by atoms with Crippen LogP contribution in [0.25, 0.3) is 0 Å². The highest BCUT2D eigenvalue weighted by Gasteiger charge is 2.27. The van der Waals surface area contributed by atoms with Gasteiger partial charge in [-0.3, -0.25) is 4.79 Å². The Hall–Kier alpha value is -0.960. The average molecular weight is 180 g/mol. The normalized spacial score (nSPS) is 20.5. The number of hydrogen-bond donors (Lipinski definition) is 1. The maximum absolute atomic E-state index is 10.6. The molecule has 0 spiro atoms. The van der Waals surface area contributed by atoms with Crippen LogP contribution in [0.4, 0.5) is 0 Å². The third-order valence-electron chi connectivity index (χ3n) is 1.92. The Balaban J connectivity index is 2.27. The van der Waals surface area contributed by atoms with Gasteiger partial charge in [0.1, 0.15) is 5.25 Å². The molecule has 62 valence electrons. The summed E-state index contributed by atoms with van der Waals surface area (Å²) in [5.41, 5.74) is 1.16. The number of fused-ring (bicyclic) bond motifs is 1. The minimum absolute atomic E-state index is 0.276. The number of hydrogen-bond acceptors (Lipinski definition) is 2. The van der Waals surface area contributed by atoms with E-state index >= 15 is 0 Å². The summed E-state index contributed by atoms with van der Waals surface area (Å²) in [4.78, 5) is 11.8. The molecule has 1 heterocycles. The molecule has 1 N–H and O–H groups in total. The van der Waals surface area contributed by atoms with E-state index in [9.17, 15) is 4.79 Å². The Morgan fingerprint density at radius 3 is 2.92 bits per heavy atom. The third-order valence-corrected chi connectivity index (χ3v) is 3.23. The molecule has 1 aromatic carbocycles. The van der Waals surface area contributed by atoms with Gasteiger partial charge < -0.3 is 5.11 Å². The van der Waals surface area contributed by atoms with Gasteiger partial charge in [-0.05, 0) is 18.1 Å². The van der Waals surface area contributed by atoms with E-state index in [-0.39, 0.29) is 5.25 Å². The minimum atomic E-state index is -0.712. The third kappa shape index (κ3) is 1.20. The molecule has 1 aliphatic rings. The SMILES string of the molecule is O=C(O)[C@@H]1Cc2ccccc2S1. The Morgan fingerprint density at radius 2 is 2.25 bits per heavy atom. The fraction of sp³-hybridized carbons (Fsp3) is 0.222. The molecule has 0 aromatic heterocycles. The zero-order valence-corrected chi connectivity index (χ0v) is 7.17. The summed E-state index contributed by atoms with van der Waals surface area (Å²) < 4.78 is 0. The number of carbonyl (C=O) groups is 1. The highest BCUT2D eigenvalue weighted by atomic mass is 32.2. The number of rotatable bonds is 1. The monoisotopic (exact) mass is 180 g/mol. The van der Waals surface area contributed by atoms with Crippen LogP contribution in [0.2, 0.25) is 0 Å². The molecule has 0 unspecified atom stereocenters. The predicted molar refractivity (Wildman–Crippen MR) is 47.4 cm³/mol. The first-order valence-electron chi connectivity index (χ1n) is 3.75. The summed E-state index contributed by atoms with van der Waals surface area (Å²) in [6.07, 6.45) is 0.663. The molecule has 1 aromatic rings. The molecule has 0 saturated carbocycles. The van der Waals surface area contributed by atoms with Gasteiger partial charge in [-0.15, -0.1) is 11.8 Å². The van der Waals surface area contributed by atoms with Crippen LogP contribution in [0.1, 0.15) is 5.56 Å². The lowest BCUT2D eigenvalue weighted by Crippen LogP contribution is -2.14. The molecule has 0 fully saturated rings. The molecule has 0 bridgehead atoms. The van der Waals surface area contributed by atoms with Crippen molar-refractivity contribution in [3.05, 3.63) is 29.8 Å². The van der Waals surface area contributed by atoms with Crippen molar-refractivity contribution in [2.24, 2.45) is 0 Å². The topological polar surface area (TPSA) is 37.3 Å². The molecule has 3 heteroatoms. The van der Waals surface area contributed by atoms with Crippen LogP contribution in [0, 0.1) is 0 Å². The van der Waals surface area contributed by atoms with Crippen molar-refractivity contribution in [2.75, 3.05) is 0 Å². The second-order valence-electron chi connectivity index (χ2n) is 2.76. The van der Waals surface area contributed by atoms with Crippen molar-refractivity contribution in [1.82, 2.24) is 0 Å². The van der Waals surface area contributed by atoms with Gasteiger partial charge in [-0.2, -0.15) is 0 Å². The van der Waals surface area contributed by atoms with Gasteiger partial charge in [0.2, 0.25) is 0 Å². The van der Waals surface area contributed by atoms with Crippen LogP contribution in [0.3, 0.4) is 0 Å². The summed E-state index contributed by atoms with van der Waals surface area (Å²) in [7, 11) is 0. The number of carboxylic acids is 1. The van der Waals surface area contributed by atoms with Gasteiger partial charge in [0.05, 0.1) is 0 Å².